The van der Waals surface area contributed by atoms with Crippen LogP contribution in [0.15, 0.2) is 12.1 Å². The molecule has 0 amide bonds. The molecule has 0 bridgehead atoms. The zero-order valence-corrected chi connectivity index (χ0v) is 10.3. The summed E-state index contributed by atoms with van der Waals surface area (Å²) in [5.41, 5.74) is 5.74. The molecule has 2 aliphatic rings. The van der Waals surface area contributed by atoms with Gasteiger partial charge in [-0.25, -0.2) is 0 Å². The summed E-state index contributed by atoms with van der Waals surface area (Å²) in [6.45, 7) is 3.29. The molecule has 0 aliphatic carbocycles. The molecule has 0 atom stereocenters. The molecule has 1 aromatic rings. The predicted octanol–water partition coefficient (Wildman–Crippen LogP) is 3.35. The molecule has 17 heavy (non-hydrogen) atoms. The summed E-state index contributed by atoms with van der Waals surface area (Å²) < 4.78 is 11.3. The van der Waals surface area contributed by atoms with E-state index in [1.165, 1.54) is 54.4 Å². The topological polar surface area (TPSA) is 18.5 Å². The molecule has 2 heteroatoms. The van der Waals surface area contributed by atoms with Crippen molar-refractivity contribution in [3.8, 4) is 0 Å². The van der Waals surface area contributed by atoms with Crippen LogP contribution in [0.5, 0.6) is 0 Å². The van der Waals surface area contributed by atoms with Gasteiger partial charge in [0, 0.05) is 6.61 Å². The summed E-state index contributed by atoms with van der Waals surface area (Å²) in [5, 5.41) is 0. The van der Waals surface area contributed by atoms with Crippen LogP contribution in [0.1, 0.15) is 47.9 Å². The van der Waals surface area contributed by atoms with Crippen molar-refractivity contribution in [2.45, 2.75) is 51.9 Å². The highest BCUT2D eigenvalue weighted by Gasteiger charge is 2.18. The van der Waals surface area contributed by atoms with Crippen LogP contribution >= 0.6 is 0 Å². The van der Waals surface area contributed by atoms with E-state index in [0.717, 1.165) is 26.4 Å². The summed E-state index contributed by atoms with van der Waals surface area (Å²) in [5.74, 6) is 0. The highest BCUT2D eigenvalue weighted by molar-refractivity contribution is 5.42. The average Bonchev–Trinajstić information content (AvgIpc) is 2.83. The summed E-state index contributed by atoms with van der Waals surface area (Å²) in [4.78, 5) is 0. The molecule has 0 spiro atoms. The van der Waals surface area contributed by atoms with Crippen molar-refractivity contribution in [2.75, 3.05) is 6.61 Å². The maximum absolute atomic E-state index is 5.76. The maximum atomic E-state index is 5.76. The van der Waals surface area contributed by atoms with Crippen molar-refractivity contribution < 1.29 is 9.47 Å². The zero-order chi connectivity index (χ0) is 11.5. The van der Waals surface area contributed by atoms with Crippen molar-refractivity contribution in [1.29, 1.82) is 0 Å². The van der Waals surface area contributed by atoms with Gasteiger partial charge < -0.3 is 9.47 Å². The molecule has 0 fully saturated rings. The number of benzene rings is 1. The van der Waals surface area contributed by atoms with E-state index in [1.54, 1.807) is 0 Å². The molecule has 0 unspecified atom stereocenters. The molecular weight excluding hydrogens is 212 g/mol. The quantitative estimate of drug-likeness (QED) is 0.683. The molecule has 0 saturated carbocycles. The minimum Gasteiger partial charge on any atom is -0.377 e. The predicted molar refractivity (Wildman–Crippen MR) is 66.8 cm³/mol. The third kappa shape index (κ3) is 2.38. The second-order valence-corrected chi connectivity index (χ2v) is 5.05. The van der Waals surface area contributed by atoms with E-state index in [9.17, 15) is 0 Å². The van der Waals surface area contributed by atoms with Gasteiger partial charge in [0.2, 0.25) is 0 Å². The molecule has 0 radical (unpaired) electrons. The SMILES string of the molecule is c1cc2c(c3c1COCCCCCC3)COC2. The highest BCUT2D eigenvalue weighted by atomic mass is 16.5. The molecule has 2 nitrogen and oxygen atoms in total. The fourth-order valence-electron chi connectivity index (χ4n) is 2.86. The first-order valence-corrected chi connectivity index (χ1v) is 6.73. The molecule has 0 N–H and O–H groups in total. The minimum absolute atomic E-state index is 0.780. The van der Waals surface area contributed by atoms with Crippen molar-refractivity contribution >= 4 is 0 Å². The van der Waals surface area contributed by atoms with Crippen LogP contribution in [0.3, 0.4) is 0 Å². The van der Waals surface area contributed by atoms with Gasteiger partial charge in [-0.15, -0.1) is 0 Å². The van der Waals surface area contributed by atoms with Crippen LogP contribution in [-0.2, 0) is 35.7 Å². The number of ether oxygens (including phenoxy) is 2. The second-order valence-electron chi connectivity index (χ2n) is 5.05. The van der Waals surface area contributed by atoms with Gasteiger partial charge in [0.25, 0.3) is 0 Å². The first kappa shape index (κ1) is 11.2. The van der Waals surface area contributed by atoms with Gasteiger partial charge >= 0.3 is 0 Å². The molecule has 92 valence electrons. The van der Waals surface area contributed by atoms with Gasteiger partial charge in [-0.3, -0.25) is 0 Å². The molecule has 2 aliphatic heterocycles. The Kier molecular flexibility index (Phi) is 3.44. The Morgan fingerprint density at radius 1 is 0.706 bits per heavy atom. The van der Waals surface area contributed by atoms with E-state index in [0.29, 0.717) is 0 Å². The van der Waals surface area contributed by atoms with Crippen LogP contribution in [0.2, 0.25) is 0 Å². The van der Waals surface area contributed by atoms with E-state index in [-0.39, 0.29) is 0 Å². The van der Waals surface area contributed by atoms with E-state index >= 15 is 0 Å². The average molecular weight is 232 g/mol. The van der Waals surface area contributed by atoms with Gasteiger partial charge in [-0.1, -0.05) is 25.0 Å². The summed E-state index contributed by atoms with van der Waals surface area (Å²) in [7, 11) is 0. The number of fused-ring (bicyclic) bond motifs is 3. The Hall–Kier alpha value is -0.860. The fourth-order valence-corrected chi connectivity index (χ4v) is 2.86. The van der Waals surface area contributed by atoms with Gasteiger partial charge in [0.15, 0.2) is 0 Å². The Morgan fingerprint density at radius 3 is 2.41 bits per heavy atom. The largest absolute Gasteiger partial charge is 0.377 e. The third-order valence-corrected chi connectivity index (χ3v) is 3.85. The Balaban J connectivity index is 1.91. The molecule has 1 aromatic carbocycles. The van der Waals surface area contributed by atoms with Crippen molar-refractivity contribution in [1.82, 2.24) is 0 Å². The van der Waals surface area contributed by atoms with Gasteiger partial charge in [0.1, 0.15) is 0 Å². The fraction of sp³-hybridized carbons (Fsp3) is 0.600. The molecule has 2 heterocycles. The summed E-state index contributed by atoms with van der Waals surface area (Å²) in [6.07, 6.45) is 6.35. The van der Waals surface area contributed by atoms with E-state index in [4.69, 9.17) is 9.47 Å². The molecule has 0 aromatic heterocycles. The Labute approximate surface area is 103 Å². The summed E-state index contributed by atoms with van der Waals surface area (Å²) >= 11 is 0. The highest BCUT2D eigenvalue weighted by Crippen LogP contribution is 2.29. The Morgan fingerprint density at radius 2 is 1.47 bits per heavy atom. The first-order valence-electron chi connectivity index (χ1n) is 6.73. The number of rotatable bonds is 0. The van der Waals surface area contributed by atoms with Crippen molar-refractivity contribution in [3.05, 3.63) is 34.4 Å². The summed E-state index contributed by atoms with van der Waals surface area (Å²) in [6, 6.07) is 4.46. The van der Waals surface area contributed by atoms with E-state index in [2.05, 4.69) is 12.1 Å². The van der Waals surface area contributed by atoms with E-state index < -0.39 is 0 Å². The lowest BCUT2D eigenvalue weighted by molar-refractivity contribution is 0.114. The van der Waals surface area contributed by atoms with Crippen LogP contribution in [0.4, 0.5) is 0 Å². The molecule has 0 saturated heterocycles. The zero-order valence-electron chi connectivity index (χ0n) is 10.3. The van der Waals surface area contributed by atoms with Crippen LogP contribution in [-0.4, -0.2) is 6.61 Å². The first-order chi connectivity index (χ1) is 8.45. The third-order valence-electron chi connectivity index (χ3n) is 3.85. The van der Waals surface area contributed by atoms with Gasteiger partial charge in [0.05, 0.1) is 19.8 Å². The normalized spacial score (nSPS) is 20.7. The lowest BCUT2D eigenvalue weighted by Crippen LogP contribution is -2.05. The maximum Gasteiger partial charge on any atom is 0.0727 e. The number of hydrogen-bond donors (Lipinski definition) is 0. The van der Waals surface area contributed by atoms with E-state index in [1.807, 2.05) is 0 Å². The van der Waals surface area contributed by atoms with Crippen molar-refractivity contribution in [2.24, 2.45) is 0 Å². The van der Waals surface area contributed by atoms with Crippen LogP contribution < -0.4 is 0 Å². The smallest absolute Gasteiger partial charge is 0.0727 e. The number of hydrogen-bond acceptors (Lipinski definition) is 2. The molecular formula is C15H20O2. The second kappa shape index (κ2) is 5.19. The monoisotopic (exact) mass is 232 g/mol. The lowest BCUT2D eigenvalue weighted by Gasteiger charge is -2.16. The van der Waals surface area contributed by atoms with Crippen LogP contribution in [0, 0.1) is 0 Å². The Bertz CT molecular complexity index is 398. The van der Waals surface area contributed by atoms with Crippen LogP contribution in [0.25, 0.3) is 0 Å². The van der Waals surface area contributed by atoms with Crippen molar-refractivity contribution in [3.63, 3.8) is 0 Å². The lowest BCUT2D eigenvalue weighted by atomic mass is 9.93. The molecule has 3 rings (SSSR count). The van der Waals surface area contributed by atoms with Gasteiger partial charge in [-0.2, -0.15) is 0 Å². The van der Waals surface area contributed by atoms with Gasteiger partial charge in [-0.05, 0) is 41.5 Å². The minimum atomic E-state index is 0.780. The standard InChI is InChI=1S/C15H20O2/c1-2-4-8-16-9-12-6-7-13-10-17-11-15(13)14(12)5-3-1/h6-7H,1-5,8-11H2.